The molecule has 3 unspecified atom stereocenters. The first-order valence-electron chi connectivity index (χ1n) is 7.19. The maximum Gasteiger partial charge on any atom is 0.320 e. The number of aliphatic carboxylic acids is 1. The molecule has 2 fully saturated rings. The Morgan fingerprint density at radius 3 is 2.86 bits per heavy atom. The number of carbonyl (C=O) groups is 2. The maximum absolute atomic E-state index is 12.1. The predicted octanol–water partition coefficient (Wildman–Crippen LogP) is 1.62. The van der Waals surface area contributed by atoms with E-state index in [-0.39, 0.29) is 30.9 Å². The normalized spacial score (nSPS) is 27.7. The molecule has 0 bridgehead atoms. The minimum Gasteiger partial charge on any atom is -0.480 e. The van der Waals surface area contributed by atoms with Crippen LogP contribution in [0.1, 0.15) is 32.1 Å². The molecule has 9 heteroatoms. The molecular formula is C13H19ClN4O3S. The second-order valence-corrected chi connectivity index (χ2v) is 6.50. The lowest BCUT2D eigenvalue weighted by molar-refractivity contribution is -0.143. The third kappa shape index (κ3) is 3.56. The van der Waals surface area contributed by atoms with Crippen molar-refractivity contribution in [3.8, 4) is 0 Å². The maximum atomic E-state index is 12.1. The number of rotatable bonds is 4. The van der Waals surface area contributed by atoms with Crippen molar-refractivity contribution < 1.29 is 14.7 Å². The van der Waals surface area contributed by atoms with E-state index in [2.05, 4.69) is 15.5 Å². The van der Waals surface area contributed by atoms with Gasteiger partial charge in [0.2, 0.25) is 11.0 Å². The smallest absolute Gasteiger partial charge is 0.320 e. The van der Waals surface area contributed by atoms with Crippen LogP contribution in [0.3, 0.4) is 0 Å². The van der Waals surface area contributed by atoms with E-state index in [0.29, 0.717) is 17.5 Å². The summed E-state index contributed by atoms with van der Waals surface area (Å²) >= 11 is 1.25. The van der Waals surface area contributed by atoms with E-state index in [1.54, 1.807) is 5.51 Å². The molecule has 1 saturated carbocycles. The number of hydrogen-bond acceptors (Lipinski definition) is 6. The zero-order valence-electron chi connectivity index (χ0n) is 12.0. The number of nitrogens with one attached hydrogen (secondary N) is 1. The summed E-state index contributed by atoms with van der Waals surface area (Å²) in [5, 5.41) is 20.0. The standard InChI is InChI=1S/C13H18N4O3S.ClH/c18-11(15-13-16-14-7-21-13)6-17-9-4-2-1-3-8(9)5-10(17)12(19)20;/h7-10H,1-6H2,(H,19,20)(H,15,16,18);1H. The molecule has 0 spiro atoms. The van der Waals surface area contributed by atoms with Crippen LogP contribution in [0.5, 0.6) is 0 Å². The number of anilines is 1. The summed E-state index contributed by atoms with van der Waals surface area (Å²) in [6, 6.07) is -0.321. The van der Waals surface area contributed by atoms with E-state index in [9.17, 15) is 14.7 Å². The molecule has 2 N–H and O–H groups in total. The van der Waals surface area contributed by atoms with Gasteiger partial charge in [0.25, 0.3) is 0 Å². The average molecular weight is 347 g/mol. The van der Waals surface area contributed by atoms with Gasteiger partial charge < -0.3 is 5.11 Å². The third-order valence-corrected chi connectivity index (χ3v) is 5.05. The van der Waals surface area contributed by atoms with E-state index in [4.69, 9.17) is 0 Å². The van der Waals surface area contributed by atoms with Crippen LogP contribution in [-0.2, 0) is 9.59 Å². The van der Waals surface area contributed by atoms with Gasteiger partial charge in [0.15, 0.2) is 0 Å². The topological polar surface area (TPSA) is 95.4 Å². The fourth-order valence-corrected chi connectivity index (χ4v) is 4.04. The first-order valence-corrected chi connectivity index (χ1v) is 8.07. The number of hydrogen-bond donors (Lipinski definition) is 2. The van der Waals surface area contributed by atoms with Gasteiger partial charge >= 0.3 is 5.97 Å². The van der Waals surface area contributed by atoms with E-state index in [1.807, 2.05) is 4.90 Å². The quantitative estimate of drug-likeness (QED) is 0.860. The highest BCUT2D eigenvalue weighted by Gasteiger charge is 2.45. The van der Waals surface area contributed by atoms with Crippen LogP contribution in [-0.4, -0.2) is 50.7 Å². The fraction of sp³-hybridized carbons (Fsp3) is 0.692. The van der Waals surface area contributed by atoms with Crippen molar-refractivity contribution >= 4 is 40.8 Å². The van der Waals surface area contributed by atoms with Crippen LogP contribution in [0.15, 0.2) is 5.51 Å². The molecule has 2 aliphatic rings. The number of aromatic nitrogens is 2. The number of fused-ring (bicyclic) bond motifs is 1. The van der Waals surface area contributed by atoms with E-state index >= 15 is 0 Å². The van der Waals surface area contributed by atoms with Crippen molar-refractivity contribution in [2.24, 2.45) is 5.92 Å². The summed E-state index contributed by atoms with van der Waals surface area (Å²) in [6.07, 6.45) is 5.00. The molecule has 1 saturated heterocycles. The molecule has 122 valence electrons. The third-order valence-electron chi connectivity index (χ3n) is 4.44. The van der Waals surface area contributed by atoms with Crippen LogP contribution in [0, 0.1) is 5.92 Å². The van der Waals surface area contributed by atoms with Crippen LogP contribution >= 0.6 is 23.7 Å². The number of likely N-dealkylation sites (tertiary alicyclic amines) is 1. The second kappa shape index (κ2) is 7.34. The van der Waals surface area contributed by atoms with E-state index < -0.39 is 12.0 Å². The molecule has 3 atom stereocenters. The lowest BCUT2D eigenvalue weighted by Crippen LogP contribution is -2.46. The summed E-state index contributed by atoms with van der Waals surface area (Å²) in [4.78, 5) is 25.4. The summed E-state index contributed by atoms with van der Waals surface area (Å²) in [5.74, 6) is -0.633. The lowest BCUT2D eigenvalue weighted by Gasteiger charge is -2.32. The predicted molar refractivity (Wildman–Crippen MR) is 84.3 cm³/mol. The van der Waals surface area contributed by atoms with Crippen molar-refractivity contribution in [2.45, 2.75) is 44.2 Å². The number of carbonyl (C=O) groups excluding carboxylic acids is 1. The monoisotopic (exact) mass is 346 g/mol. The Bertz CT molecular complexity index is 527. The number of carboxylic acid groups (broad SMARTS) is 1. The molecule has 0 aromatic carbocycles. The SMILES string of the molecule is Cl.O=C(CN1C(C(=O)O)CC2CCCCC21)Nc1nncs1. The highest BCUT2D eigenvalue weighted by molar-refractivity contribution is 7.13. The Balaban J connectivity index is 0.00000176. The van der Waals surface area contributed by atoms with Crippen molar-refractivity contribution in [2.75, 3.05) is 11.9 Å². The number of amides is 1. The molecule has 1 amide bonds. The Kier molecular flexibility index (Phi) is 5.71. The molecule has 0 radical (unpaired) electrons. The van der Waals surface area contributed by atoms with Crippen molar-refractivity contribution in [3.05, 3.63) is 5.51 Å². The van der Waals surface area contributed by atoms with Gasteiger partial charge in [0, 0.05) is 6.04 Å². The molecule has 7 nitrogen and oxygen atoms in total. The molecule has 22 heavy (non-hydrogen) atoms. The minimum absolute atomic E-state index is 0. The van der Waals surface area contributed by atoms with Gasteiger partial charge in [0.1, 0.15) is 11.6 Å². The second-order valence-electron chi connectivity index (χ2n) is 5.67. The fourth-order valence-electron chi connectivity index (χ4n) is 3.58. The number of carboxylic acids is 1. The first-order chi connectivity index (χ1) is 10.1. The van der Waals surface area contributed by atoms with E-state index in [1.165, 1.54) is 17.8 Å². The Morgan fingerprint density at radius 1 is 1.41 bits per heavy atom. The number of halogens is 1. The van der Waals surface area contributed by atoms with Gasteiger partial charge in [0.05, 0.1) is 6.54 Å². The minimum atomic E-state index is -0.826. The summed E-state index contributed by atoms with van der Waals surface area (Å²) in [6.45, 7) is 0.109. The van der Waals surface area contributed by atoms with Crippen LogP contribution in [0.4, 0.5) is 5.13 Å². The Morgan fingerprint density at radius 2 is 2.18 bits per heavy atom. The zero-order valence-corrected chi connectivity index (χ0v) is 13.6. The molecule has 3 rings (SSSR count). The van der Waals surface area contributed by atoms with Gasteiger partial charge in [-0.2, -0.15) is 0 Å². The first kappa shape index (κ1) is 17.1. The van der Waals surface area contributed by atoms with Gasteiger partial charge in [-0.05, 0) is 25.2 Å². The summed E-state index contributed by atoms with van der Waals surface area (Å²) in [5.41, 5.74) is 1.54. The van der Waals surface area contributed by atoms with Crippen molar-refractivity contribution in [1.82, 2.24) is 15.1 Å². The molecule has 1 aromatic heterocycles. The molecule has 1 aromatic rings. The van der Waals surface area contributed by atoms with Crippen LogP contribution in [0.2, 0.25) is 0 Å². The number of nitrogens with zero attached hydrogens (tertiary/aromatic N) is 3. The molecule has 1 aliphatic carbocycles. The van der Waals surface area contributed by atoms with Crippen molar-refractivity contribution in [3.63, 3.8) is 0 Å². The zero-order chi connectivity index (χ0) is 14.8. The highest BCUT2D eigenvalue weighted by Crippen LogP contribution is 2.39. The highest BCUT2D eigenvalue weighted by atomic mass is 35.5. The lowest BCUT2D eigenvalue weighted by atomic mass is 9.85. The van der Waals surface area contributed by atoms with E-state index in [0.717, 1.165) is 19.3 Å². The molecular weight excluding hydrogens is 328 g/mol. The van der Waals surface area contributed by atoms with Crippen LogP contribution in [0.25, 0.3) is 0 Å². The van der Waals surface area contributed by atoms with Gasteiger partial charge in [-0.25, -0.2) is 0 Å². The van der Waals surface area contributed by atoms with Crippen molar-refractivity contribution in [1.29, 1.82) is 0 Å². The summed E-state index contributed by atoms with van der Waals surface area (Å²) < 4.78 is 0. The summed E-state index contributed by atoms with van der Waals surface area (Å²) in [7, 11) is 0. The average Bonchev–Trinajstić information content (AvgIpc) is 3.07. The van der Waals surface area contributed by atoms with Gasteiger partial charge in [-0.15, -0.1) is 22.6 Å². The Hall–Kier alpha value is -1.25. The Labute approximate surface area is 138 Å². The van der Waals surface area contributed by atoms with Gasteiger partial charge in [-0.3, -0.25) is 19.8 Å². The van der Waals surface area contributed by atoms with Crippen LogP contribution < -0.4 is 5.32 Å². The molecule has 2 heterocycles. The largest absolute Gasteiger partial charge is 0.480 e. The molecule has 1 aliphatic heterocycles. The van der Waals surface area contributed by atoms with Gasteiger partial charge in [-0.1, -0.05) is 24.2 Å².